The molecule has 0 radical (unpaired) electrons. The van der Waals surface area contributed by atoms with Gasteiger partial charge in [0.1, 0.15) is 10.4 Å². The van der Waals surface area contributed by atoms with Crippen LogP contribution in [-0.2, 0) is 0 Å². The molecule has 0 bridgehead atoms. The van der Waals surface area contributed by atoms with Gasteiger partial charge in [0.2, 0.25) is 0 Å². The predicted molar refractivity (Wildman–Crippen MR) is 89.6 cm³/mol. The van der Waals surface area contributed by atoms with E-state index in [-0.39, 0.29) is 16.5 Å². The number of benzene rings is 1. The molecule has 0 fully saturated rings. The highest BCUT2D eigenvalue weighted by Gasteiger charge is 2.17. The average molecular weight is 386 g/mol. The molecule has 1 N–H and O–H groups in total. The van der Waals surface area contributed by atoms with Crippen LogP contribution in [0.4, 0.5) is 4.39 Å². The minimum absolute atomic E-state index is 0.0458. The molecule has 0 aliphatic heterocycles. The lowest BCUT2D eigenvalue weighted by atomic mass is 10.1. The largest absolute Gasteiger partial charge is 0.347 e. The monoisotopic (exact) mass is 384 g/mol. The third-order valence-corrected chi connectivity index (χ3v) is 3.47. The molecule has 1 aromatic carbocycles. The molecule has 0 unspecified atom stereocenters. The minimum atomic E-state index is -0.526. The molecule has 6 heteroatoms. The number of pyridine rings is 1. The van der Waals surface area contributed by atoms with Crippen LogP contribution in [0.25, 0.3) is 11.3 Å². The van der Waals surface area contributed by atoms with Crippen molar-refractivity contribution in [3.05, 3.63) is 51.3 Å². The van der Waals surface area contributed by atoms with Crippen LogP contribution in [0, 0.1) is 5.82 Å². The summed E-state index contributed by atoms with van der Waals surface area (Å²) in [5.74, 6) is -0.743. The van der Waals surface area contributed by atoms with Gasteiger partial charge < -0.3 is 5.32 Å². The number of carbonyl (C=O) groups excluding carboxylic acids is 1. The summed E-state index contributed by atoms with van der Waals surface area (Å²) in [6.45, 7) is 5.70. The second kappa shape index (κ2) is 6.34. The van der Waals surface area contributed by atoms with Gasteiger partial charge in [0.05, 0.1) is 10.7 Å². The number of amides is 1. The third-order valence-electron chi connectivity index (χ3n) is 2.76. The molecule has 116 valence electrons. The summed E-state index contributed by atoms with van der Waals surface area (Å²) in [5, 5.41) is 2.92. The van der Waals surface area contributed by atoms with Crippen LogP contribution in [0.5, 0.6) is 0 Å². The molecule has 3 nitrogen and oxygen atoms in total. The third kappa shape index (κ3) is 4.27. The van der Waals surface area contributed by atoms with E-state index in [1.807, 2.05) is 20.8 Å². The molecule has 1 aromatic heterocycles. The predicted octanol–water partition coefficient (Wildman–Crippen LogP) is 4.83. The smallest absolute Gasteiger partial charge is 0.251 e. The molecule has 0 spiro atoms. The number of hydrogen-bond acceptors (Lipinski definition) is 2. The zero-order valence-electron chi connectivity index (χ0n) is 12.4. The Morgan fingerprint density at radius 2 is 1.95 bits per heavy atom. The van der Waals surface area contributed by atoms with E-state index in [4.69, 9.17) is 11.6 Å². The maximum absolute atomic E-state index is 13.6. The van der Waals surface area contributed by atoms with Crippen molar-refractivity contribution in [1.29, 1.82) is 0 Å². The number of nitrogens with one attached hydrogen (secondary N) is 1. The van der Waals surface area contributed by atoms with E-state index in [1.165, 1.54) is 12.1 Å². The Labute approximate surface area is 142 Å². The van der Waals surface area contributed by atoms with Crippen molar-refractivity contribution in [2.24, 2.45) is 0 Å². The van der Waals surface area contributed by atoms with Crippen molar-refractivity contribution in [3.8, 4) is 11.3 Å². The van der Waals surface area contributed by atoms with E-state index in [2.05, 4.69) is 26.2 Å². The first kappa shape index (κ1) is 16.9. The zero-order valence-corrected chi connectivity index (χ0v) is 14.7. The van der Waals surface area contributed by atoms with Gasteiger partial charge in [-0.05, 0) is 61.0 Å². The highest BCUT2D eigenvalue weighted by molar-refractivity contribution is 9.10. The Kier molecular flexibility index (Phi) is 4.87. The van der Waals surface area contributed by atoms with E-state index in [0.29, 0.717) is 21.4 Å². The van der Waals surface area contributed by atoms with Crippen molar-refractivity contribution in [1.82, 2.24) is 10.3 Å². The average Bonchev–Trinajstić information content (AvgIpc) is 2.39. The Balaban J connectivity index is 2.42. The van der Waals surface area contributed by atoms with Gasteiger partial charge in [-0.25, -0.2) is 9.37 Å². The summed E-state index contributed by atoms with van der Waals surface area (Å²) in [7, 11) is 0. The number of aromatic nitrogens is 1. The van der Waals surface area contributed by atoms with Crippen LogP contribution in [0.15, 0.2) is 34.9 Å². The van der Waals surface area contributed by atoms with Crippen LogP contribution >= 0.6 is 27.5 Å². The molecule has 1 heterocycles. The lowest BCUT2D eigenvalue weighted by Crippen LogP contribution is -2.40. The summed E-state index contributed by atoms with van der Waals surface area (Å²) in [6, 6.07) is 7.66. The Morgan fingerprint density at radius 1 is 1.27 bits per heavy atom. The summed E-state index contributed by atoms with van der Waals surface area (Å²) in [6.07, 6.45) is 0. The van der Waals surface area contributed by atoms with Crippen molar-refractivity contribution in [3.63, 3.8) is 0 Å². The van der Waals surface area contributed by atoms with Crippen molar-refractivity contribution < 1.29 is 9.18 Å². The highest BCUT2D eigenvalue weighted by atomic mass is 79.9. The molecule has 0 saturated heterocycles. The molecular formula is C16H15BrClFN2O. The van der Waals surface area contributed by atoms with Crippen molar-refractivity contribution >= 4 is 33.4 Å². The molecule has 0 aliphatic rings. The Hall–Kier alpha value is -1.46. The maximum Gasteiger partial charge on any atom is 0.251 e. The highest BCUT2D eigenvalue weighted by Crippen LogP contribution is 2.25. The van der Waals surface area contributed by atoms with Gasteiger partial charge in [0, 0.05) is 16.7 Å². The second-order valence-corrected chi connectivity index (χ2v) is 7.12. The second-order valence-electron chi connectivity index (χ2n) is 5.90. The lowest BCUT2D eigenvalue weighted by Gasteiger charge is -2.20. The van der Waals surface area contributed by atoms with Crippen LogP contribution in [-0.4, -0.2) is 16.4 Å². The van der Waals surface area contributed by atoms with Gasteiger partial charge in [-0.3, -0.25) is 4.79 Å². The summed E-state index contributed by atoms with van der Waals surface area (Å²) in [5.41, 5.74) is 1.14. The first-order valence-corrected chi connectivity index (χ1v) is 7.78. The molecule has 2 aromatic rings. The molecule has 0 atom stereocenters. The van der Waals surface area contributed by atoms with E-state index in [0.717, 1.165) is 0 Å². The van der Waals surface area contributed by atoms with Crippen LogP contribution in [0.3, 0.4) is 0 Å². The number of halogens is 3. The van der Waals surface area contributed by atoms with Crippen LogP contribution in [0.2, 0.25) is 5.02 Å². The molecular weight excluding hydrogens is 371 g/mol. The first-order chi connectivity index (χ1) is 10.2. The number of hydrogen-bond donors (Lipinski definition) is 1. The zero-order chi connectivity index (χ0) is 16.5. The fourth-order valence-electron chi connectivity index (χ4n) is 1.84. The minimum Gasteiger partial charge on any atom is -0.347 e. The summed E-state index contributed by atoms with van der Waals surface area (Å²) < 4.78 is 14.1. The summed E-state index contributed by atoms with van der Waals surface area (Å²) in [4.78, 5) is 16.5. The number of carbonyl (C=O) groups is 1. The normalized spacial score (nSPS) is 11.4. The molecule has 1 amide bonds. The van der Waals surface area contributed by atoms with Crippen molar-refractivity contribution in [2.75, 3.05) is 0 Å². The molecule has 2 rings (SSSR count). The van der Waals surface area contributed by atoms with Gasteiger partial charge in [-0.15, -0.1) is 0 Å². The quantitative estimate of drug-likeness (QED) is 0.752. The van der Waals surface area contributed by atoms with Crippen LogP contribution < -0.4 is 5.32 Å². The summed E-state index contributed by atoms with van der Waals surface area (Å²) >= 11 is 8.97. The SMILES string of the molecule is CC(C)(C)NC(=O)c1cc(Br)nc(-c2ccc(Cl)c(F)c2)c1. The van der Waals surface area contributed by atoms with Crippen LogP contribution in [0.1, 0.15) is 31.1 Å². The van der Waals surface area contributed by atoms with Gasteiger partial charge in [-0.2, -0.15) is 0 Å². The van der Waals surface area contributed by atoms with Gasteiger partial charge >= 0.3 is 0 Å². The maximum atomic E-state index is 13.6. The fraction of sp³-hybridized carbons (Fsp3) is 0.250. The van der Waals surface area contributed by atoms with Gasteiger partial charge in [-0.1, -0.05) is 17.7 Å². The van der Waals surface area contributed by atoms with E-state index < -0.39 is 5.82 Å². The van der Waals surface area contributed by atoms with E-state index in [1.54, 1.807) is 18.2 Å². The standard InChI is InChI=1S/C16H15BrClFN2O/c1-16(2,3)21-15(22)10-7-13(20-14(17)8-10)9-4-5-11(18)12(19)6-9/h4-8H,1-3H3,(H,21,22). The Bertz CT molecular complexity index is 729. The number of nitrogens with zero attached hydrogens (tertiary/aromatic N) is 1. The van der Waals surface area contributed by atoms with Gasteiger partial charge in [0.15, 0.2) is 0 Å². The van der Waals surface area contributed by atoms with E-state index in [9.17, 15) is 9.18 Å². The van der Waals surface area contributed by atoms with E-state index >= 15 is 0 Å². The van der Waals surface area contributed by atoms with Crippen molar-refractivity contribution in [2.45, 2.75) is 26.3 Å². The first-order valence-electron chi connectivity index (χ1n) is 6.61. The molecule has 22 heavy (non-hydrogen) atoms. The molecule has 0 aliphatic carbocycles. The topological polar surface area (TPSA) is 42.0 Å². The number of rotatable bonds is 2. The fourth-order valence-corrected chi connectivity index (χ4v) is 2.40. The van der Waals surface area contributed by atoms with Gasteiger partial charge in [0.25, 0.3) is 5.91 Å². The molecule has 0 saturated carbocycles. The Morgan fingerprint density at radius 3 is 2.55 bits per heavy atom. The lowest BCUT2D eigenvalue weighted by molar-refractivity contribution is 0.0919.